The number of nitrogens with one attached hydrogen (secondary N) is 1. The predicted molar refractivity (Wildman–Crippen MR) is 89.2 cm³/mol. The van der Waals surface area contributed by atoms with E-state index in [9.17, 15) is 9.90 Å². The molecule has 0 bridgehead atoms. The molecular formula is C15H12BrCl2NO2. The fourth-order valence-corrected chi connectivity index (χ4v) is 2.70. The highest BCUT2D eigenvalue weighted by Gasteiger charge is 2.37. The first kappa shape index (κ1) is 16.1. The van der Waals surface area contributed by atoms with Gasteiger partial charge in [0, 0.05) is 15.7 Å². The van der Waals surface area contributed by atoms with Gasteiger partial charge in [-0.3, -0.25) is 0 Å². The second-order valence-electron chi connectivity index (χ2n) is 4.66. The highest BCUT2D eigenvalue weighted by Crippen LogP contribution is 2.35. The van der Waals surface area contributed by atoms with Gasteiger partial charge in [0.25, 0.3) is 0 Å². The summed E-state index contributed by atoms with van der Waals surface area (Å²) in [5.41, 5.74) is -0.318. The van der Waals surface area contributed by atoms with Gasteiger partial charge >= 0.3 is 5.97 Å². The van der Waals surface area contributed by atoms with E-state index < -0.39 is 11.5 Å². The predicted octanol–water partition coefficient (Wildman–Crippen LogP) is 5.17. The summed E-state index contributed by atoms with van der Waals surface area (Å²) in [6.45, 7) is 1.55. The Morgan fingerprint density at radius 2 is 1.81 bits per heavy atom. The van der Waals surface area contributed by atoms with Crippen molar-refractivity contribution in [1.82, 2.24) is 0 Å². The van der Waals surface area contributed by atoms with E-state index in [1.54, 1.807) is 37.3 Å². The lowest BCUT2D eigenvalue weighted by molar-refractivity contribution is -0.142. The molecular weight excluding hydrogens is 377 g/mol. The number of rotatable bonds is 4. The zero-order chi connectivity index (χ0) is 15.6. The lowest BCUT2D eigenvalue weighted by Crippen LogP contribution is -2.40. The van der Waals surface area contributed by atoms with Crippen LogP contribution >= 0.6 is 39.1 Å². The Morgan fingerprint density at radius 3 is 2.38 bits per heavy atom. The maximum absolute atomic E-state index is 11.8. The van der Waals surface area contributed by atoms with Crippen LogP contribution in [0, 0.1) is 0 Å². The molecule has 2 rings (SSSR count). The number of halogens is 3. The van der Waals surface area contributed by atoms with Crippen molar-refractivity contribution in [2.45, 2.75) is 12.5 Å². The molecule has 0 saturated carbocycles. The van der Waals surface area contributed by atoms with Crippen LogP contribution in [0.3, 0.4) is 0 Å². The molecule has 1 unspecified atom stereocenters. The molecule has 0 aliphatic heterocycles. The highest BCUT2D eigenvalue weighted by molar-refractivity contribution is 9.10. The summed E-state index contributed by atoms with van der Waals surface area (Å²) in [6.07, 6.45) is 0. The van der Waals surface area contributed by atoms with Gasteiger partial charge in [-0.25, -0.2) is 4.79 Å². The number of anilines is 1. The van der Waals surface area contributed by atoms with Crippen LogP contribution in [0.25, 0.3) is 0 Å². The largest absolute Gasteiger partial charge is 0.479 e. The smallest absolute Gasteiger partial charge is 0.333 e. The SMILES string of the molecule is CC(Nc1ccc(Br)cc1)(C(=O)O)c1cccc(Cl)c1Cl. The van der Waals surface area contributed by atoms with Gasteiger partial charge in [-0.05, 0) is 37.3 Å². The van der Waals surface area contributed by atoms with E-state index >= 15 is 0 Å². The Hall–Kier alpha value is -1.23. The summed E-state index contributed by atoms with van der Waals surface area (Å²) in [6, 6.07) is 12.2. The molecule has 0 heterocycles. The van der Waals surface area contributed by atoms with Crippen LogP contribution in [-0.4, -0.2) is 11.1 Å². The van der Waals surface area contributed by atoms with E-state index in [1.807, 2.05) is 12.1 Å². The van der Waals surface area contributed by atoms with Crippen LogP contribution in [0.15, 0.2) is 46.9 Å². The fourth-order valence-electron chi connectivity index (χ4n) is 1.95. The lowest BCUT2D eigenvalue weighted by atomic mass is 9.91. The Bertz CT molecular complexity index is 676. The monoisotopic (exact) mass is 387 g/mol. The minimum absolute atomic E-state index is 0.230. The van der Waals surface area contributed by atoms with Crippen molar-refractivity contribution in [1.29, 1.82) is 0 Å². The van der Waals surface area contributed by atoms with Gasteiger partial charge in [-0.1, -0.05) is 51.3 Å². The number of hydrogen-bond acceptors (Lipinski definition) is 2. The fraction of sp³-hybridized carbons (Fsp3) is 0.133. The molecule has 21 heavy (non-hydrogen) atoms. The van der Waals surface area contributed by atoms with Crippen LogP contribution in [0.1, 0.15) is 12.5 Å². The Balaban J connectivity index is 2.48. The molecule has 2 aromatic rings. The van der Waals surface area contributed by atoms with Crippen LogP contribution < -0.4 is 5.32 Å². The third-order valence-corrected chi connectivity index (χ3v) is 4.50. The topological polar surface area (TPSA) is 49.3 Å². The van der Waals surface area contributed by atoms with Crippen LogP contribution in [0.5, 0.6) is 0 Å². The molecule has 2 aromatic carbocycles. The third kappa shape index (κ3) is 3.34. The molecule has 6 heteroatoms. The molecule has 0 aliphatic rings. The Labute approximate surface area is 141 Å². The number of carboxylic acids is 1. The molecule has 0 saturated heterocycles. The first-order valence-corrected chi connectivity index (χ1v) is 7.61. The van der Waals surface area contributed by atoms with Crippen molar-refractivity contribution in [2.24, 2.45) is 0 Å². The van der Waals surface area contributed by atoms with Crippen LogP contribution in [0.2, 0.25) is 10.0 Å². The summed E-state index contributed by atoms with van der Waals surface area (Å²) in [5.74, 6) is -1.05. The Morgan fingerprint density at radius 1 is 1.19 bits per heavy atom. The molecule has 3 nitrogen and oxygen atoms in total. The molecule has 1 atom stereocenters. The average molecular weight is 389 g/mol. The number of aliphatic carboxylic acids is 1. The number of carbonyl (C=O) groups is 1. The van der Waals surface area contributed by atoms with Crippen molar-refractivity contribution < 1.29 is 9.90 Å². The minimum Gasteiger partial charge on any atom is -0.479 e. The van der Waals surface area contributed by atoms with Crippen LogP contribution in [-0.2, 0) is 10.3 Å². The van der Waals surface area contributed by atoms with Gasteiger partial charge in [0.2, 0.25) is 0 Å². The maximum atomic E-state index is 11.8. The molecule has 0 aliphatic carbocycles. The minimum atomic E-state index is -1.39. The number of hydrogen-bond donors (Lipinski definition) is 2. The first-order chi connectivity index (χ1) is 9.84. The summed E-state index contributed by atoms with van der Waals surface area (Å²) in [7, 11) is 0. The first-order valence-electron chi connectivity index (χ1n) is 6.06. The highest BCUT2D eigenvalue weighted by atomic mass is 79.9. The number of carboxylic acid groups (broad SMARTS) is 1. The summed E-state index contributed by atoms with van der Waals surface area (Å²) in [5, 5.41) is 13.2. The van der Waals surface area contributed by atoms with Gasteiger partial charge in [-0.2, -0.15) is 0 Å². The van der Waals surface area contributed by atoms with Crippen molar-refractivity contribution in [3.05, 3.63) is 62.5 Å². The number of benzene rings is 2. The van der Waals surface area contributed by atoms with E-state index in [2.05, 4.69) is 21.2 Å². The third-order valence-electron chi connectivity index (χ3n) is 3.16. The van der Waals surface area contributed by atoms with Gasteiger partial charge in [0.1, 0.15) is 0 Å². The van der Waals surface area contributed by atoms with E-state index in [-0.39, 0.29) is 5.02 Å². The molecule has 0 radical (unpaired) electrons. The van der Waals surface area contributed by atoms with E-state index in [4.69, 9.17) is 23.2 Å². The quantitative estimate of drug-likeness (QED) is 0.759. The van der Waals surface area contributed by atoms with Gasteiger partial charge in [0.05, 0.1) is 10.0 Å². The summed E-state index contributed by atoms with van der Waals surface area (Å²) < 4.78 is 0.908. The standard InChI is InChI=1S/C15H12BrCl2NO2/c1-15(14(20)21,11-3-2-4-12(17)13(11)18)19-10-7-5-9(16)6-8-10/h2-8,19H,1H3,(H,20,21). The zero-order valence-corrected chi connectivity index (χ0v) is 14.1. The molecule has 2 N–H and O–H groups in total. The van der Waals surface area contributed by atoms with Gasteiger partial charge < -0.3 is 10.4 Å². The van der Waals surface area contributed by atoms with Crippen molar-refractivity contribution >= 4 is 50.8 Å². The molecule has 0 fully saturated rings. The Kier molecular flexibility index (Phi) is 4.81. The second-order valence-corrected chi connectivity index (χ2v) is 6.36. The van der Waals surface area contributed by atoms with E-state index in [1.165, 1.54) is 0 Å². The normalized spacial score (nSPS) is 13.5. The lowest BCUT2D eigenvalue weighted by Gasteiger charge is -2.29. The maximum Gasteiger partial charge on any atom is 0.333 e. The van der Waals surface area contributed by atoms with E-state index in [0.29, 0.717) is 16.3 Å². The summed E-state index contributed by atoms with van der Waals surface area (Å²) in [4.78, 5) is 11.8. The van der Waals surface area contributed by atoms with Gasteiger partial charge in [0.15, 0.2) is 5.54 Å². The average Bonchev–Trinajstić information content (AvgIpc) is 2.44. The molecule has 0 spiro atoms. The second kappa shape index (κ2) is 6.26. The van der Waals surface area contributed by atoms with E-state index in [0.717, 1.165) is 4.47 Å². The van der Waals surface area contributed by atoms with Crippen LogP contribution in [0.4, 0.5) is 5.69 Å². The zero-order valence-electron chi connectivity index (χ0n) is 11.0. The molecule has 0 amide bonds. The van der Waals surface area contributed by atoms with Gasteiger partial charge in [-0.15, -0.1) is 0 Å². The molecule has 0 aromatic heterocycles. The molecule has 110 valence electrons. The summed E-state index contributed by atoms with van der Waals surface area (Å²) >= 11 is 15.5. The van der Waals surface area contributed by atoms with Crippen molar-refractivity contribution in [2.75, 3.05) is 5.32 Å². The van der Waals surface area contributed by atoms with Crippen molar-refractivity contribution in [3.63, 3.8) is 0 Å². The van der Waals surface area contributed by atoms with Crippen molar-refractivity contribution in [3.8, 4) is 0 Å².